The third-order valence-electron chi connectivity index (χ3n) is 5.23. The van der Waals surface area contributed by atoms with Crippen molar-refractivity contribution < 1.29 is 9.32 Å². The Labute approximate surface area is 164 Å². The zero-order chi connectivity index (χ0) is 19.7. The molecule has 0 radical (unpaired) electrons. The van der Waals surface area contributed by atoms with E-state index >= 15 is 0 Å². The Morgan fingerprint density at radius 3 is 2.39 bits per heavy atom. The smallest absolute Gasteiger partial charge is 0.251 e. The van der Waals surface area contributed by atoms with Crippen molar-refractivity contribution in [1.29, 1.82) is 0 Å². The number of benzene rings is 2. The van der Waals surface area contributed by atoms with Crippen LogP contribution in [0.5, 0.6) is 0 Å². The lowest BCUT2D eigenvalue weighted by Gasteiger charge is -2.14. The topological polar surface area (TPSA) is 71.3 Å². The predicted molar refractivity (Wildman–Crippen MR) is 107 cm³/mol. The van der Waals surface area contributed by atoms with Crippen LogP contribution in [0.15, 0.2) is 53.1 Å². The van der Waals surface area contributed by atoms with Crippen LogP contribution >= 0.6 is 0 Å². The minimum Gasteiger partial charge on any atom is -0.348 e. The average Bonchev–Trinajstić information content (AvgIpc) is 3.29. The van der Waals surface area contributed by atoms with Crippen molar-refractivity contribution in [3.05, 3.63) is 71.1 Å². The van der Waals surface area contributed by atoms with Crippen molar-refractivity contribution >= 4 is 5.91 Å². The van der Waals surface area contributed by atoms with E-state index in [-0.39, 0.29) is 18.0 Å². The number of aromatic nitrogens is 2. The van der Waals surface area contributed by atoms with E-state index in [9.17, 15) is 4.79 Å². The van der Waals surface area contributed by atoms with Crippen LogP contribution in [0.2, 0.25) is 0 Å². The molecule has 144 valence electrons. The van der Waals surface area contributed by atoms with Gasteiger partial charge in [0.2, 0.25) is 11.7 Å². The van der Waals surface area contributed by atoms with E-state index in [0.717, 1.165) is 24.1 Å². The molecule has 28 heavy (non-hydrogen) atoms. The van der Waals surface area contributed by atoms with Crippen LogP contribution in [-0.2, 0) is 0 Å². The number of hydrogen-bond donors (Lipinski definition) is 1. The molecule has 6 nitrogen and oxygen atoms in total. The molecule has 0 spiro atoms. The van der Waals surface area contributed by atoms with E-state index in [1.165, 1.54) is 5.56 Å². The van der Waals surface area contributed by atoms with Gasteiger partial charge in [0.05, 0.1) is 6.04 Å². The molecule has 1 N–H and O–H groups in total. The molecule has 2 aromatic carbocycles. The van der Waals surface area contributed by atoms with Gasteiger partial charge in [-0.05, 0) is 39.4 Å². The summed E-state index contributed by atoms with van der Waals surface area (Å²) < 4.78 is 5.54. The zero-order valence-corrected chi connectivity index (χ0v) is 16.3. The normalized spacial score (nSPS) is 19.7. The Balaban J connectivity index is 1.43. The third kappa shape index (κ3) is 3.82. The number of rotatable bonds is 4. The average molecular weight is 376 g/mol. The van der Waals surface area contributed by atoms with Crippen molar-refractivity contribution in [2.24, 2.45) is 0 Å². The van der Waals surface area contributed by atoms with Crippen molar-refractivity contribution in [2.75, 3.05) is 13.6 Å². The molecular formula is C22H24N4O2. The minimum absolute atomic E-state index is 0.00461. The molecule has 1 fully saturated rings. The lowest BCUT2D eigenvalue weighted by Crippen LogP contribution is -2.36. The Morgan fingerprint density at radius 2 is 1.71 bits per heavy atom. The number of aryl methyl sites for hydroxylation is 2. The first-order valence-corrected chi connectivity index (χ1v) is 9.48. The first-order valence-electron chi connectivity index (χ1n) is 9.48. The summed E-state index contributed by atoms with van der Waals surface area (Å²) in [4.78, 5) is 19.2. The molecule has 1 saturated heterocycles. The number of likely N-dealkylation sites (tertiary alicyclic amines) is 1. The summed E-state index contributed by atoms with van der Waals surface area (Å²) in [6, 6.07) is 15.7. The zero-order valence-electron chi connectivity index (χ0n) is 16.3. The third-order valence-corrected chi connectivity index (χ3v) is 5.23. The van der Waals surface area contributed by atoms with Crippen LogP contribution in [0.4, 0.5) is 0 Å². The molecule has 2 unspecified atom stereocenters. The summed E-state index contributed by atoms with van der Waals surface area (Å²) in [5.41, 5.74) is 3.94. The maximum absolute atomic E-state index is 12.5. The highest BCUT2D eigenvalue weighted by atomic mass is 16.5. The van der Waals surface area contributed by atoms with Gasteiger partial charge < -0.3 is 9.84 Å². The summed E-state index contributed by atoms with van der Waals surface area (Å²) in [5, 5.41) is 7.26. The molecule has 1 amide bonds. The van der Waals surface area contributed by atoms with E-state index in [1.807, 2.05) is 69.4 Å². The Morgan fingerprint density at radius 1 is 1.07 bits per heavy atom. The largest absolute Gasteiger partial charge is 0.348 e. The Kier molecular flexibility index (Phi) is 4.96. The first-order chi connectivity index (χ1) is 13.5. The SMILES string of the molecule is Cc1ccc(C(=O)NC2CC(c3nc(-c4ccc(C)cc4)no3)N(C)C2)cc1. The van der Waals surface area contributed by atoms with Crippen molar-refractivity contribution in [3.63, 3.8) is 0 Å². The summed E-state index contributed by atoms with van der Waals surface area (Å²) in [7, 11) is 2.01. The monoisotopic (exact) mass is 376 g/mol. The van der Waals surface area contributed by atoms with Gasteiger partial charge in [-0.15, -0.1) is 0 Å². The summed E-state index contributed by atoms with van der Waals surface area (Å²) in [6.07, 6.45) is 0.740. The number of carbonyl (C=O) groups excluding carboxylic acids is 1. The standard InChI is InChI=1S/C22H24N4O2/c1-14-4-8-16(9-5-14)20-24-22(28-25-20)19-12-18(13-26(19)3)23-21(27)17-10-6-15(2)7-11-17/h4-11,18-19H,12-13H2,1-3H3,(H,23,27). The second kappa shape index (κ2) is 7.56. The molecule has 0 aliphatic carbocycles. The van der Waals surface area contributed by atoms with Crippen LogP contribution in [0, 0.1) is 13.8 Å². The van der Waals surface area contributed by atoms with Gasteiger partial charge in [0.15, 0.2) is 0 Å². The van der Waals surface area contributed by atoms with E-state index in [4.69, 9.17) is 4.52 Å². The van der Waals surface area contributed by atoms with E-state index < -0.39 is 0 Å². The number of amides is 1. The fourth-order valence-electron chi connectivity index (χ4n) is 3.56. The Bertz CT molecular complexity index is 963. The molecule has 1 aliphatic rings. The number of carbonyl (C=O) groups is 1. The second-order valence-electron chi connectivity index (χ2n) is 7.55. The maximum atomic E-state index is 12.5. The van der Waals surface area contributed by atoms with Crippen LogP contribution in [0.3, 0.4) is 0 Å². The van der Waals surface area contributed by atoms with Crippen molar-refractivity contribution in [2.45, 2.75) is 32.4 Å². The quantitative estimate of drug-likeness (QED) is 0.754. The molecule has 6 heteroatoms. The molecule has 0 saturated carbocycles. The second-order valence-corrected chi connectivity index (χ2v) is 7.55. The maximum Gasteiger partial charge on any atom is 0.251 e. The van der Waals surface area contributed by atoms with Gasteiger partial charge in [-0.2, -0.15) is 4.98 Å². The van der Waals surface area contributed by atoms with Crippen LogP contribution < -0.4 is 5.32 Å². The first kappa shape index (κ1) is 18.4. The van der Waals surface area contributed by atoms with Crippen LogP contribution in [0.1, 0.15) is 39.8 Å². The van der Waals surface area contributed by atoms with E-state index in [0.29, 0.717) is 17.3 Å². The highest BCUT2D eigenvalue weighted by Gasteiger charge is 2.35. The molecule has 1 aromatic heterocycles. The molecule has 2 atom stereocenters. The number of nitrogens with one attached hydrogen (secondary N) is 1. The van der Waals surface area contributed by atoms with E-state index in [1.54, 1.807) is 0 Å². The fraction of sp³-hybridized carbons (Fsp3) is 0.318. The van der Waals surface area contributed by atoms with Gasteiger partial charge in [0.1, 0.15) is 0 Å². The molecule has 3 aromatic rings. The van der Waals surface area contributed by atoms with Crippen molar-refractivity contribution in [3.8, 4) is 11.4 Å². The number of nitrogens with zero attached hydrogens (tertiary/aromatic N) is 3. The summed E-state index contributed by atoms with van der Waals surface area (Å²) in [6.45, 7) is 4.79. The number of likely N-dealkylation sites (N-methyl/N-ethyl adjacent to an activating group) is 1. The molecular weight excluding hydrogens is 352 g/mol. The lowest BCUT2D eigenvalue weighted by molar-refractivity contribution is 0.0938. The predicted octanol–water partition coefficient (Wildman–Crippen LogP) is 3.53. The van der Waals surface area contributed by atoms with E-state index in [2.05, 4.69) is 20.4 Å². The van der Waals surface area contributed by atoms with Gasteiger partial charge in [-0.1, -0.05) is 52.7 Å². The summed E-state index contributed by atoms with van der Waals surface area (Å²) in [5.74, 6) is 1.13. The van der Waals surface area contributed by atoms with Gasteiger partial charge in [0.25, 0.3) is 5.91 Å². The van der Waals surface area contributed by atoms with Gasteiger partial charge >= 0.3 is 0 Å². The van der Waals surface area contributed by atoms with Gasteiger partial charge in [0, 0.05) is 23.7 Å². The fourth-order valence-corrected chi connectivity index (χ4v) is 3.56. The minimum atomic E-state index is -0.0510. The molecule has 0 bridgehead atoms. The van der Waals surface area contributed by atoms with Crippen LogP contribution in [-0.4, -0.2) is 40.6 Å². The molecule has 4 rings (SSSR count). The number of hydrogen-bond acceptors (Lipinski definition) is 5. The molecule has 1 aliphatic heterocycles. The highest BCUT2D eigenvalue weighted by molar-refractivity contribution is 5.94. The Hall–Kier alpha value is -2.99. The summed E-state index contributed by atoms with van der Waals surface area (Å²) >= 11 is 0. The molecule has 2 heterocycles. The van der Waals surface area contributed by atoms with Gasteiger partial charge in [-0.25, -0.2) is 0 Å². The van der Waals surface area contributed by atoms with Crippen LogP contribution in [0.25, 0.3) is 11.4 Å². The highest BCUT2D eigenvalue weighted by Crippen LogP contribution is 2.31. The lowest BCUT2D eigenvalue weighted by atomic mass is 10.1. The van der Waals surface area contributed by atoms with Crippen molar-refractivity contribution in [1.82, 2.24) is 20.4 Å². The van der Waals surface area contributed by atoms with Gasteiger partial charge in [-0.3, -0.25) is 9.69 Å².